The molecule has 10 aromatic carbocycles. The maximum absolute atomic E-state index is 12.8. The van der Waals surface area contributed by atoms with E-state index in [9.17, 15) is 13.2 Å². The van der Waals surface area contributed by atoms with Gasteiger partial charge in [-0.3, -0.25) is 9.97 Å². The number of aryl methyl sites for hydroxylation is 17. The van der Waals surface area contributed by atoms with Gasteiger partial charge in [0.25, 0.3) is 0 Å². The van der Waals surface area contributed by atoms with Crippen molar-refractivity contribution in [1.82, 2.24) is 49.8 Å². The Balaban J connectivity index is 0.000000154. The molecule has 0 saturated carbocycles. The fraction of sp³-hybridized carbons (Fsp3) is 0.159. The molecule has 0 fully saturated rings. The lowest BCUT2D eigenvalue weighted by Gasteiger charge is -1.92. The van der Waals surface area contributed by atoms with Crippen molar-refractivity contribution in [2.24, 2.45) is 0 Å². The predicted octanol–water partition coefficient (Wildman–Crippen LogP) is 32.9. The summed E-state index contributed by atoms with van der Waals surface area (Å²) in [5.74, 6) is -0.594. The number of fused-ring (bicyclic) bond motifs is 8. The Bertz CT molecular complexity index is 6380. The number of nitrogens with zero attached hydrogens (tertiary/aromatic N) is 2. The average molecular weight is 1770 g/mol. The quantitative estimate of drug-likeness (QED) is 0.0763. The molecule has 0 bridgehead atoms. The Kier molecular flexibility index (Phi) is 36.9. The fourth-order valence-electron chi connectivity index (χ4n) is 12.7. The van der Waals surface area contributed by atoms with Crippen LogP contribution in [0.2, 0.25) is 20.1 Å². The number of hydrogen-bond donors (Lipinski definition) is 8. The first-order chi connectivity index (χ1) is 59.8. The number of halogens is 7. The summed E-state index contributed by atoms with van der Waals surface area (Å²) in [6.45, 7) is 34.7. The van der Waals surface area contributed by atoms with Crippen LogP contribution < -0.4 is 0 Å². The maximum Gasteiger partial charge on any atom is 0.148 e. The lowest BCUT2D eigenvalue weighted by Crippen LogP contribution is -1.79. The summed E-state index contributed by atoms with van der Waals surface area (Å²) in [4.78, 5) is 35.7. The minimum atomic E-state index is -0.282. The Morgan fingerprint density at radius 2 is 0.712 bits per heavy atom. The molecule has 8 N–H and O–H groups in total. The molecule has 21 rings (SSSR count). The van der Waals surface area contributed by atoms with E-state index in [1.807, 2.05) is 192 Å². The van der Waals surface area contributed by atoms with Crippen LogP contribution in [-0.4, -0.2) is 49.8 Å². The second-order valence-corrected chi connectivity index (χ2v) is 33.9. The number of thiophene rings is 1. The molecule has 11 aromatic heterocycles. The van der Waals surface area contributed by atoms with Crippen molar-refractivity contribution in [2.75, 3.05) is 0 Å². The summed E-state index contributed by atoms with van der Waals surface area (Å²) in [6.07, 6.45) is 14.2. The summed E-state index contributed by atoms with van der Waals surface area (Å²) in [5.41, 5.74) is 26.8. The fourth-order valence-corrected chi connectivity index (χ4v) is 14.2. The molecule has 642 valence electrons. The molecule has 11 heterocycles. The van der Waals surface area contributed by atoms with Crippen LogP contribution in [0.15, 0.2) is 304 Å². The number of nitrogens with one attached hydrogen (secondary N) is 8. The summed E-state index contributed by atoms with van der Waals surface area (Å²) in [6, 6.07) is 83.3. The topological polar surface area (TPSA) is 152 Å². The van der Waals surface area contributed by atoms with Crippen LogP contribution in [0.5, 0.6) is 0 Å². The van der Waals surface area contributed by atoms with E-state index in [0.29, 0.717) is 10.9 Å². The summed E-state index contributed by atoms with van der Waals surface area (Å²) >= 11 is 25.1. The first kappa shape index (κ1) is 96.3. The molecule has 10 nitrogen and oxygen atoms in total. The van der Waals surface area contributed by atoms with Crippen molar-refractivity contribution in [2.45, 2.75) is 118 Å². The van der Waals surface area contributed by atoms with Gasteiger partial charge < -0.3 is 39.9 Å². The zero-order valence-electron chi connectivity index (χ0n) is 73.8. The lowest BCUT2D eigenvalue weighted by molar-refractivity contribution is 0.618. The Labute approximate surface area is 755 Å². The van der Waals surface area contributed by atoms with Gasteiger partial charge in [-0.05, 0) is 324 Å². The number of benzene rings is 10. The monoisotopic (exact) mass is 1760 g/mol. The second-order valence-electron chi connectivity index (χ2n) is 30.7. The number of aromatic amines is 8. The highest BCUT2D eigenvalue weighted by Gasteiger charge is 2.05. The Morgan fingerprint density at radius 1 is 0.264 bits per heavy atom. The second kappa shape index (κ2) is 47.9. The third-order valence-electron chi connectivity index (χ3n) is 19.5. The highest BCUT2D eigenvalue weighted by atomic mass is 35.5. The van der Waals surface area contributed by atoms with Gasteiger partial charge in [0, 0.05) is 167 Å². The smallest absolute Gasteiger partial charge is 0.148 e. The molecule has 0 aliphatic carbocycles. The molecular formula is C107H109Cl4F3N10S. The minimum absolute atomic E-state index is 0.132. The molecule has 0 spiro atoms. The van der Waals surface area contributed by atoms with Crippen LogP contribution in [-0.2, 0) is 0 Å². The van der Waals surface area contributed by atoms with Crippen molar-refractivity contribution in [3.63, 3.8) is 0 Å². The summed E-state index contributed by atoms with van der Waals surface area (Å²) in [7, 11) is 0. The molecule has 0 aliphatic rings. The van der Waals surface area contributed by atoms with Crippen LogP contribution in [0.1, 0.15) is 93.7 Å². The first-order valence-corrected chi connectivity index (χ1v) is 43.2. The van der Waals surface area contributed by atoms with Crippen LogP contribution in [0.25, 0.3) is 87.2 Å². The van der Waals surface area contributed by atoms with Crippen LogP contribution in [0.4, 0.5) is 13.2 Å². The molecule has 0 amide bonds. The zero-order chi connectivity index (χ0) is 90.2. The standard InChI is InChI=1S/3C10H11N.3C9H8ClN.C9H8FN.C8H6ClN.C7H7F.C7H9N.C7H8.C6H6FN.C6H8S/c1-7-3-4-10-9(5-7)8(2)6-11-10;1-7-3-4-9-8(2)6-11-10(9)5-7;1-7-3-4-9-6-8(2)11-10(9)5-7;1-6-5-11-9-3-2-7(10)4-8(6)9;1-6-4-7-5-8(10)2-3-9(7)11-6;2*1-6-2-3-7-8(10)5-11-9(7)4-6;9-7-2-1-6-3-4-10-8(6)5-7;1-6-4-2-3-5-7(6)8;1-6-3-4-7(2)8-5-6;1-7-5-3-2-4-6-7;1-5-2-3-6(7)4-8-5;1-5-3-4-6(2)7-5/h3*3-6,11H,1-2H3;4*2-5,11H,1H3;1-5,10H;2-5H,1H3;3-5H,1-2H3;2-6H,1H3;2-4H,1H3;3-4H,1-2H3. The number of aromatic nitrogens is 10. The molecule has 0 radical (unpaired) electrons. The van der Waals surface area contributed by atoms with Gasteiger partial charge in [-0.1, -0.05) is 167 Å². The van der Waals surface area contributed by atoms with Crippen molar-refractivity contribution in [3.8, 4) is 0 Å². The third-order valence-corrected chi connectivity index (χ3v) is 21.4. The SMILES string of the molecule is Cc1c[nH]c2ccc(Cl)cc12.Cc1cc2cc(Cl)ccc2[nH]1.Cc1ccc(C)nc1.Cc1ccc(C)s1.Cc1ccc(F)cn1.Cc1ccc2[nH]cc(C)c2c1.Cc1ccc2c(C)c[nH]c2c1.Cc1ccc2c(Cl)c[nH]c2c1.Cc1ccc2c(F)c[nH]c2c1.Cc1ccc2cc(C)[nH]c2c1.Cc1ccccc1.Cc1ccccc1F.Clc1ccc2cc[nH]c2c1. The van der Waals surface area contributed by atoms with Gasteiger partial charge in [-0.25, -0.2) is 13.2 Å². The minimum Gasteiger partial charge on any atom is -0.361 e. The van der Waals surface area contributed by atoms with Crippen molar-refractivity contribution in [1.29, 1.82) is 0 Å². The molecule has 0 atom stereocenters. The number of pyridine rings is 2. The Morgan fingerprint density at radius 3 is 1.26 bits per heavy atom. The van der Waals surface area contributed by atoms with E-state index in [2.05, 4.69) is 235 Å². The average Bonchev–Trinajstić information content (AvgIpc) is 1.73. The van der Waals surface area contributed by atoms with E-state index in [1.165, 1.54) is 145 Å². The van der Waals surface area contributed by atoms with E-state index in [4.69, 9.17) is 46.4 Å². The molecule has 18 heteroatoms. The molecule has 0 aliphatic heterocycles. The molecule has 0 saturated heterocycles. The number of hydrogen-bond acceptors (Lipinski definition) is 3. The van der Waals surface area contributed by atoms with Gasteiger partial charge in [-0.15, -0.1) is 11.3 Å². The lowest BCUT2D eigenvalue weighted by atomic mass is 10.1. The van der Waals surface area contributed by atoms with Crippen molar-refractivity contribution in [3.05, 3.63) is 436 Å². The van der Waals surface area contributed by atoms with Gasteiger partial charge in [0.1, 0.15) is 17.5 Å². The summed E-state index contributed by atoms with van der Waals surface area (Å²) < 4.78 is 37.2. The van der Waals surface area contributed by atoms with Crippen molar-refractivity contribution < 1.29 is 13.2 Å². The summed E-state index contributed by atoms with van der Waals surface area (Å²) in [5, 5.41) is 12.4. The van der Waals surface area contributed by atoms with E-state index < -0.39 is 0 Å². The third kappa shape index (κ3) is 31.3. The first-order valence-electron chi connectivity index (χ1n) is 40.8. The van der Waals surface area contributed by atoms with E-state index >= 15 is 0 Å². The predicted molar refractivity (Wildman–Crippen MR) is 533 cm³/mol. The number of rotatable bonds is 0. The van der Waals surface area contributed by atoms with E-state index in [-0.39, 0.29) is 17.5 Å². The van der Waals surface area contributed by atoms with Gasteiger partial charge in [0.05, 0.1) is 11.2 Å². The van der Waals surface area contributed by atoms with Crippen LogP contribution >= 0.6 is 57.7 Å². The van der Waals surface area contributed by atoms with Crippen molar-refractivity contribution >= 4 is 145 Å². The molecule has 21 aromatic rings. The highest BCUT2D eigenvalue weighted by molar-refractivity contribution is 7.11. The highest BCUT2D eigenvalue weighted by Crippen LogP contribution is 2.27. The Hall–Kier alpha value is -12.5. The van der Waals surface area contributed by atoms with Crippen LogP contribution in [0.3, 0.4) is 0 Å². The van der Waals surface area contributed by atoms with Gasteiger partial charge in [0.2, 0.25) is 0 Å². The normalized spacial score (nSPS) is 10.2. The van der Waals surface area contributed by atoms with Gasteiger partial charge in [0.15, 0.2) is 0 Å². The molecule has 125 heavy (non-hydrogen) atoms. The molecule has 0 unspecified atom stereocenters. The molecular weight excluding hydrogens is 1660 g/mol. The van der Waals surface area contributed by atoms with E-state index in [0.717, 1.165) is 70.0 Å². The number of H-pyrrole nitrogens is 8. The maximum atomic E-state index is 12.8. The van der Waals surface area contributed by atoms with E-state index in [1.54, 1.807) is 31.2 Å². The van der Waals surface area contributed by atoms with Gasteiger partial charge in [-0.2, -0.15) is 0 Å². The zero-order valence-corrected chi connectivity index (χ0v) is 77.7. The van der Waals surface area contributed by atoms with Gasteiger partial charge >= 0.3 is 0 Å². The van der Waals surface area contributed by atoms with Crippen LogP contribution in [0, 0.1) is 135 Å². The largest absolute Gasteiger partial charge is 0.361 e.